The van der Waals surface area contributed by atoms with Crippen molar-refractivity contribution in [3.63, 3.8) is 0 Å². The molecule has 1 heterocycles. The predicted octanol–water partition coefficient (Wildman–Crippen LogP) is 3.77. The maximum Gasteiger partial charge on any atom is 0.128 e. The Labute approximate surface area is 113 Å². The van der Waals surface area contributed by atoms with Gasteiger partial charge in [0.25, 0.3) is 0 Å². The highest BCUT2D eigenvalue weighted by molar-refractivity contribution is 6.17. The minimum absolute atomic E-state index is 0.515. The summed E-state index contributed by atoms with van der Waals surface area (Å²) in [6.45, 7) is 2.85. The van der Waals surface area contributed by atoms with Crippen LogP contribution in [-0.4, -0.2) is 12.0 Å². The van der Waals surface area contributed by atoms with Crippen molar-refractivity contribution in [1.82, 2.24) is 4.98 Å². The molecule has 0 saturated carbocycles. The Morgan fingerprint density at radius 3 is 2.44 bits per heavy atom. The molecule has 0 aliphatic carbocycles. The average Bonchev–Trinajstić information content (AvgIpc) is 2.39. The van der Waals surface area contributed by atoms with Crippen molar-refractivity contribution in [2.75, 3.05) is 11.9 Å². The van der Waals surface area contributed by atoms with Crippen LogP contribution in [0.4, 0.5) is 5.82 Å². The molecule has 1 aromatic carbocycles. The standard InChI is InChI=1S/C15H17ClN2/c1-12-14(10-16)8-9-15(17-12)18(2)11-13-6-4-3-5-7-13/h3-9H,10-11H2,1-2H3. The number of nitrogens with zero attached hydrogens (tertiary/aromatic N) is 2. The van der Waals surface area contributed by atoms with Gasteiger partial charge >= 0.3 is 0 Å². The van der Waals surface area contributed by atoms with Crippen LogP contribution in [0.1, 0.15) is 16.8 Å². The molecule has 94 valence electrons. The van der Waals surface area contributed by atoms with Crippen LogP contribution in [0.5, 0.6) is 0 Å². The van der Waals surface area contributed by atoms with Crippen LogP contribution in [0.15, 0.2) is 42.5 Å². The van der Waals surface area contributed by atoms with E-state index in [-0.39, 0.29) is 0 Å². The first kappa shape index (κ1) is 12.9. The fourth-order valence-electron chi connectivity index (χ4n) is 1.87. The molecular formula is C15H17ClN2. The second-order valence-electron chi connectivity index (χ2n) is 4.39. The topological polar surface area (TPSA) is 16.1 Å². The van der Waals surface area contributed by atoms with E-state index in [2.05, 4.69) is 41.2 Å². The minimum atomic E-state index is 0.515. The SMILES string of the molecule is Cc1nc(N(C)Cc2ccccc2)ccc1CCl. The molecule has 0 unspecified atom stereocenters. The van der Waals surface area contributed by atoms with Crippen LogP contribution in [0, 0.1) is 6.92 Å². The van der Waals surface area contributed by atoms with E-state index >= 15 is 0 Å². The van der Waals surface area contributed by atoms with Gasteiger partial charge in [-0.25, -0.2) is 4.98 Å². The second kappa shape index (κ2) is 5.87. The number of pyridine rings is 1. The predicted molar refractivity (Wildman–Crippen MR) is 77.1 cm³/mol. The van der Waals surface area contributed by atoms with Crippen LogP contribution >= 0.6 is 11.6 Å². The fourth-order valence-corrected chi connectivity index (χ4v) is 2.15. The molecule has 0 atom stereocenters. The van der Waals surface area contributed by atoms with E-state index in [9.17, 15) is 0 Å². The second-order valence-corrected chi connectivity index (χ2v) is 4.66. The lowest BCUT2D eigenvalue weighted by atomic mass is 10.2. The Hall–Kier alpha value is -1.54. The zero-order valence-corrected chi connectivity index (χ0v) is 11.5. The van der Waals surface area contributed by atoms with Gasteiger partial charge in [-0.1, -0.05) is 36.4 Å². The minimum Gasteiger partial charge on any atom is -0.355 e. The van der Waals surface area contributed by atoms with Gasteiger partial charge in [0.05, 0.1) is 0 Å². The Morgan fingerprint density at radius 1 is 1.11 bits per heavy atom. The molecular weight excluding hydrogens is 244 g/mol. The summed E-state index contributed by atoms with van der Waals surface area (Å²) in [5.41, 5.74) is 3.37. The summed E-state index contributed by atoms with van der Waals surface area (Å²) < 4.78 is 0. The highest BCUT2D eigenvalue weighted by Crippen LogP contribution is 2.17. The van der Waals surface area contributed by atoms with E-state index in [1.54, 1.807) is 0 Å². The quantitative estimate of drug-likeness (QED) is 0.778. The zero-order chi connectivity index (χ0) is 13.0. The Balaban J connectivity index is 2.14. The molecule has 0 aliphatic heterocycles. The van der Waals surface area contributed by atoms with Crippen molar-refractivity contribution >= 4 is 17.4 Å². The van der Waals surface area contributed by atoms with Crippen LogP contribution in [0.25, 0.3) is 0 Å². The molecule has 2 nitrogen and oxygen atoms in total. The van der Waals surface area contributed by atoms with E-state index in [1.165, 1.54) is 5.56 Å². The highest BCUT2D eigenvalue weighted by Gasteiger charge is 2.05. The summed E-state index contributed by atoms with van der Waals surface area (Å²) in [6.07, 6.45) is 0. The average molecular weight is 261 g/mol. The van der Waals surface area contributed by atoms with E-state index in [0.717, 1.165) is 23.6 Å². The van der Waals surface area contributed by atoms with E-state index in [0.29, 0.717) is 5.88 Å². The number of alkyl halides is 1. The van der Waals surface area contributed by atoms with Crippen LogP contribution in [-0.2, 0) is 12.4 Å². The number of aryl methyl sites for hydroxylation is 1. The van der Waals surface area contributed by atoms with Gasteiger partial charge in [-0.05, 0) is 24.1 Å². The van der Waals surface area contributed by atoms with Gasteiger partial charge in [0.1, 0.15) is 5.82 Å². The monoisotopic (exact) mass is 260 g/mol. The maximum atomic E-state index is 5.84. The maximum absolute atomic E-state index is 5.84. The van der Waals surface area contributed by atoms with Gasteiger partial charge in [-0.2, -0.15) is 0 Å². The van der Waals surface area contributed by atoms with Gasteiger partial charge in [-0.3, -0.25) is 0 Å². The number of halogens is 1. The summed E-state index contributed by atoms with van der Waals surface area (Å²) in [5.74, 6) is 1.49. The molecule has 0 aliphatic rings. The van der Waals surface area contributed by atoms with Gasteiger partial charge in [0, 0.05) is 25.2 Å². The van der Waals surface area contributed by atoms with Crippen molar-refractivity contribution in [3.8, 4) is 0 Å². The Morgan fingerprint density at radius 2 is 1.83 bits per heavy atom. The molecule has 0 N–H and O–H groups in total. The lowest BCUT2D eigenvalue weighted by molar-refractivity contribution is 0.889. The molecule has 0 radical (unpaired) electrons. The number of aromatic nitrogens is 1. The molecule has 0 spiro atoms. The van der Waals surface area contributed by atoms with E-state index in [1.807, 2.05) is 25.1 Å². The smallest absolute Gasteiger partial charge is 0.128 e. The lowest BCUT2D eigenvalue weighted by Crippen LogP contribution is -2.18. The zero-order valence-electron chi connectivity index (χ0n) is 10.7. The molecule has 2 aromatic rings. The summed E-state index contributed by atoms with van der Waals surface area (Å²) in [7, 11) is 2.05. The fraction of sp³-hybridized carbons (Fsp3) is 0.267. The van der Waals surface area contributed by atoms with Crippen molar-refractivity contribution in [1.29, 1.82) is 0 Å². The van der Waals surface area contributed by atoms with Gasteiger partial charge in [0.2, 0.25) is 0 Å². The first-order chi connectivity index (χ1) is 8.70. The highest BCUT2D eigenvalue weighted by atomic mass is 35.5. The van der Waals surface area contributed by atoms with Crippen molar-refractivity contribution in [3.05, 3.63) is 59.3 Å². The number of hydrogen-bond donors (Lipinski definition) is 0. The molecule has 0 fully saturated rings. The molecule has 3 heteroatoms. The number of anilines is 1. The third kappa shape index (κ3) is 3.02. The largest absolute Gasteiger partial charge is 0.355 e. The lowest BCUT2D eigenvalue weighted by Gasteiger charge is -2.19. The number of hydrogen-bond acceptors (Lipinski definition) is 2. The van der Waals surface area contributed by atoms with E-state index in [4.69, 9.17) is 11.6 Å². The molecule has 2 rings (SSSR count). The number of rotatable bonds is 4. The van der Waals surface area contributed by atoms with Gasteiger partial charge < -0.3 is 4.90 Å². The first-order valence-corrected chi connectivity index (χ1v) is 6.51. The number of benzene rings is 1. The van der Waals surface area contributed by atoms with Gasteiger partial charge in [0.15, 0.2) is 0 Å². The van der Waals surface area contributed by atoms with Gasteiger partial charge in [-0.15, -0.1) is 11.6 Å². The molecule has 1 aromatic heterocycles. The Kier molecular flexibility index (Phi) is 4.21. The van der Waals surface area contributed by atoms with E-state index < -0.39 is 0 Å². The van der Waals surface area contributed by atoms with Crippen LogP contribution < -0.4 is 4.90 Å². The van der Waals surface area contributed by atoms with Crippen molar-refractivity contribution in [2.45, 2.75) is 19.3 Å². The third-order valence-corrected chi connectivity index (χ3v) is 3.27. The molecule has 18 heavy (non-hydrogen) atoms. The molecule has 0 bridgehead atoms. The molecule has 0 saturated heterocycles. The Bertz CT molecular complexity index is 511. The summed E-state index contributed by atoms with van der Waals surface area (Å²) in [5, 5.41) is 0. The van der Waals surface area contributed by atoms with Crippen LogP contribution in [0.2, 0.25) is 0 Å². The summed E-state index contributed by atoms with van der Waals surface area (Å²) in [4.78, 5) is 6.72. The first-order valence-electron chi connectivity index (χ1n) is 5.98. The van der Waals surface area contributed by atoms with Crippen molar-refractivity contribution in [2.24, 2.45) is 0 Å². The molecule has 0 amide bonds. The summed E-state index contributed by atoms with van der Waals surface area (Å²) >= 11 is 5.84. The van der Waals surface area contributed by atoms with Crippen molar-refractivity contribution < 1.29 is 0 Å². The normalized spacial score (nSPS) is 10.4. The third-order valence-electron chi connectivity index (χ3n) is 2.98. The summed E-state index contributed by atoms with van der Waals surface area (Å²) in [6, 6.07) is 14.4. The van der Waals surface area contributed by atoms with Crippen LogP contribution in [0.3, 0.4) is 0 Å².